The summed E-state index contributed by atoms with van der Waals surface area (Å²) in [6, 6.07) is 39.6. The lowest BCUT2D eigenvalue weighted by atomic mass is 9.70. The second kappa shape index (κ2) is 13.5. The zero-order valence-corrected chi connectivity index (χ0v) is 29.0. The summed E-state index contributed by atoms with van der Waals surface area (Å²) in [7, 11) is 0. The molecule has 47 heavy (non-hydrogen) atoms. The molecular formula is C47H50. The van der Waals surface area contributed by atoms with Gasteiger partial charge in [-0.2, -0.15) is 0 Å². The van der Waals surface area contributed by atoms with Crippen LogP contribution < -0.4 is 0 Å². The Labute approximate surface area is 283 Å². The van der Waals surface area contributed by atoms with Crippen LogP contribution in [0.1, 0.15) is 117 Å². The van der Waals surface area contributed by atoms with Gasteiger partial charge in [0.05, 0.1) is 0 Å². The van der Waals surface area contributed by atoms with Crippen molar-refractivity contribution in [2.45, 2.75) is 97.3 Å². The van der Waals surface area contributed by atoms with Gasteiger partial charge in [-0.1, -0.05) is 167 Å². The fourth-order valence-electron chi connectivity index (χ4n) is 8.47. The van der Waals surface area contributed by atoms with E-state index in [0.717, 1.165) is 0 Å². The maximum absolute atomic E-state index is 2.60. The Hall–Kier alpha value is -4.16. The van der Waals surface area contributed by atoms with Crippen LogP contribution >= 0.6 is 0 Å². The highest BCUT2D eigenvalue weighted by atomic mass is 14.5. The molecule has 7 rings (SSSR count). The molecule has 0 atom stereocenters. The van der Waals surface area contributed by atoms with Crippen LogP contribution in [0.4, 0.5) is 0 Å². The lowest BCUT2D eigenvalue weighted by molar-refractivity contribution is 0.401. The highest BCUT2D eigenvalue weighted by Gasteiger charge is 2.42. The van der Waals surface area contributed by atoms with Crippen molar-refractivity contribution in [3.05, 3.63) is 142 Å². The van der Waals surface area contributed by atoms with Crippen molar-refractivity contribution in [1.82, 2.24) is 0 Å². The molecule has 0 nitrogen and oxygen atoms in total. The summed E-state index contributed by atoms with van der Waals surface area (Å²) in [5, 5.41) is 0. The van der Waals surface area contributed by atoms with Gasteiger partial charge in [-0.05, 0) is 112 Å². The molecule has 0 radical (unpaired) electrons. The predicted octanol–water partition coefficient (Wildman–Crippen LogP) is 13.7. The second-order valence-corrected chi connectivity index (χ2v) is 14.3. The van der Waals surface area contributed by atoms with Gasteiger partial charge in [0.25, 0.3) is 0 Å². The van der Waals surface area contributed by atoms with E-state index in [-0.39, 0.29) is 5.41 Å². The Kier molecular flexibility index (Phi) is 9.05. The van der Waals surface area contributed by atoms with Gasteiger partial charge >= 0.3 is 0 Å². The van der Waals surface area contributed by atoms with Gasteiger partial charge in [-0.25, -0.2) is 0 Å². The van der Waals surface area contributed by atoms with Crippen molar-refractivity contribution in [2.24, 2.45) is 0 Å². The van der Waals surface area contributed by atoms with Gasteiger partial charge in [0, 0.05) is 5.41 Å². The van der Waals surface area contributed by atoms with Crippen LogP contribution in [0.2, 0.25) is 0 Å². The third kappa shape index (κ3) is 5.93. The maximum atomic E-state index is 2.60. The Morgan fingerprint density at radius 3 is 1.66 bits per heavy atom. The SMILES string of the molecule is CCCCCCC1(CCCCCC)c2cc(C)ccc2-c2ccc(-c3ccc4c(c3)C(=Cc3ccccc3)c3cc(C)ccc3-4)cc21. The number of hydrogen-bond donors (Lipinski definition) is 0. The smallest absolute Gasteiger partial charge is 0.0215 e. The molecule has 0 bridgehead atoms. The van der Waals surface area contributed by atoms with Crippen molar-refractivity contribution in [1.29, 1.82) is 0 Å². The standard InChI is InChI=1S/C47H50/c1-5-7-9-14-26-47(27-15-10-8-6-2)45-29-34(4)19-23-40(45)41-25-21-37(32-46(41)47)36-20-24-39-38-22-18-33(3)28-42(38)43(44(39)31-36)30-35-16-12-11-13-17-35/h11-13,16-25,28-32H,5-10,14-15,26-27H2,1-4H3. The summed E-state index contributed by atoms with van der Waals surface area (Å²) < 4.78 is 0. The van der Waals surface area contributed by atoms with Crippen LogP contribution in [0.5, 0.6) is 0 Å². The first-order valence-corrected chi connectivity index (χ1v) is 18.3. The van der Waals surface area contributed by atoms with E-state index in [1.165, 1.54) is 131 Å². The summed E-state index contributed by atoms with van der Waals surface area (Å²) in [6.45, 7) is 9.13. The third-order valence-electron chi connectivity index (χ3n) is 10.9. The molecule has 0 aliphatic heterocycles. The minimum Gasteiger partial charge on any atom is -0.0654 e. The van der Waals surface area contributed by atoms with E-state index in [1.807, 2.05) is 0 Å². The first kappa shape index (κ1) is 31.4. The Balaban J connectivity index is 1.34. The number of aryl methyl sites for hydroxylation is 2. The fourth-order valence-corrected chi connectivity index (χ4v) is 8.47. The van der Waals surface area contributed by atoms with Gasteiger partial charge in [0.2, 0.25) is 0 Å². The number of unbranched alkanes of at least 4 members (excludes halogenated alkanes) is 6. The summed E-state index contributed by atoms with van der Waals surface area (Å²) >= 11 is 0. The Morgan fingerprint density at radius 1 is 0.468 bits per heavy atom. The molecule has 0 amide bonds. The largest absolute Gasteiger partial charge is 0.0654 e. The van der Waals surface area contributed by atoms with Gasteiger partial charge in [0.15, 0.2) is 0 Å². The van der Waals surface area contributed by atoms with Crippen molar-refractivity contribution in [2.75, 3.05) is 0 Å². The molecule has 0 saturated carbocycles. The third-order valence-corrected chi connectivity index (χ3v) is 10.9. The second-order valence-electron chi connectivity index (χ2n) is 14.3. The molecule has 2 aliphatic rings. The molecule has 0 aromatic heterocycles. The lowest BCUT2D eigenvalue weighted by Crippen LogP contribution is -2.25. The van der Waals surface area contributed by atoms with Crippen molar-refractivity contribution >= 4 is 11.6 Å². The highest BCUT2D eigenvalue weighted by Crippen LogP contribution is 2.55. The van der Waals surface area contributed by atoms with E-state index < -0.39 is 0 Å². The molecule has 5 aromatic carbocycles. The number of rotatable bonds is 12. The van der Waals surface area contributed by atoms with E-state index in [1.54, 1.807) is 11.1 Å². The molecule has 238 valence electrons. The predicted molar refractivity (Wildman–Crippen MR) is 204 cm³/mol. The minimum absolute atomic E-state index is 0.0943. The number of fused-ring (bicyclic) bond motifs is 6. The van der Waals surface area contributed by atoms with E-state index in [2.05, 4.69) is 137 Å². The minimum atomic E-state index is 0.0943. The van der Waals surface area contributed by atoms with Crippen molar-refractivity contribution < 1.29 is 0 Å². The molecule has 0 N–H and O–H groups in total. The van der Waals surface area contributed by atoms with E-state index in [0.29, 0.717) is 0 Å². The van der Waals surface area contributed by atoms with Crippen molar-refractivity contribution in [3.8, 4) is 33.4 Å². The van der Waals surface area contributed by atoms with Crippen LogP contribution in [0.25, 0.3) is 45.0 Å². The molecule has 0 heteroatoms. The van der Waals surface area contributed by atoms with Gasteiger partial charge in [-0.15, -0.1) is 0 Å². The molecule has 0 spiro atoms. The van der Waals surface area contributed by atoms with Crippen LogP contribution in [0, 0.1) is 13.8 Å². The number of benzene rings is 5. The zero-order chi connectivity index (χ0) is 32.4. The summed E-state index contributed by atoms with van der Waals surface area (Å²) in [6.07, 6.45) is 15.3. The molecule has 5 aromatic rings. The Morgan fingerprint density at radius 2 is 1.00 bits per heavy atom. The van der Waals surface area contributed by atoms with E-state index in [4.69, 9.17) is 0 Å². The molecule has 0 unspecified atom stereocenters. The molecule has 0 fully saturated rings. The fraction of sp³-hybridized carbons (Fsp3) is 0.319. The normalized spacial score (nSPS) is 14.6. The topological polar surface area (TPSA) is 0 Å². The van der Waals surface area contributed by atoms with Crippen LogP contribution in [-0.2, 0) is 5.41 Å². The quantitative estimate of drug-likeness (QED) is 0.120. The monoisotopic (exact) mass is 614 g/mol. The first-order valence-electron chi connectivity index (χ1n) is 18.3. The average molecular weight is 615 g/mol. The van der Waals surface area contributed by atoms with Gasteiger partial charge in [-0.3, -0.25) is 0 Å². The molecule has 0 heterocycles. The lowest BCUT2D eigenvalue weighted by Gasteiger charge is -2.33. The van der Waals surface area contributed by atoms with E-state index >= 15 is 0 Å². The van der Waals surface area contributed by atoms with Gasteiger partial charge < -0.3 is 0 Å². The average Bonchev–Trinajstić information content (AvgIpc) is 3.53. The highest BCUT2D eigenvalue weighted by molar-refractivity contribution is 6.07. The summed E-state index contributed by atoms with van der Waals surface area (Å²) in [4.78, 5) is 0. The van der Waals surface area contributed by atoms with Crippen LogP contribution in [0.15, 0.2) is 103 Å². The summed E-state index contributed by atoms with van der Waals surface area (Å²) in [5.41, 5.74) is 19.5. The van der Waals surface area contributed by atoms with E-state index in [9.17, 15) is 0 Å². The van der Waals surface area contributed by atoms with Crippen LogP contribution in [-0.4, -0.2) is 0 Å². The van der Waals surface area contributed by atoms with Crippen molar-refractivity contribution in [3.63, 3.8) is 0 Å². The summed E-state index contributed by atoms with van der Waals surface area (Å²) in [5.74, 6) is 0. The zero-order valence-electron chi connectivity index (χ0n) is 29.0. The number of hydrogen-bond acceptors (Lipinski definition) is 0. The Bertz CT molecular complexity index is 1910. The maximum Gasteiger partial charge on any atom is 0.0215 e. The van der Waals surface area contributed by atoms with Crippen LogP contribution in [0.3, 0.4) is 0 Å². The van der Waals surface area contributed by atoms with Gasteiger partial charge in [0.1, 0.15) is 0 Å². The molecule has 2 aliphatic carbocycles. The molecule has 0 saturated heterocycles. The first-order chi connectivity index (χ1) is 23.0. The molecular weight excluding hydrogens is 565 g/mol.